The highest BCUT2D eigenvalue weighted by molar-refractivity contribution is 8.00. The van der Waals surface area contributed by atoms with Gasteiger partial charge >= 0.3 is 17.9 Å². The zero-order valence-corrected chi connectivity index (χ0v) is 47.3. The molecule has 77 heavy (non-hydrogen) atoms. The maximum atomic E-state index is 14.5. The van der Waals surface area contributed by atoms with Crippen LogP contribution in [0.4, 0.5) is 0 Å². The maximum absolute atomic E-state index is 14.5. The topological polar surface area (TPSA) is 329 Å². The molecule has 7 amide bonds. The number of fused-ring (bicyclic) bond motifs is 1. The van der Waals surface area contributed by atoms with Crippen LogP contribution in [0.2, 0.25) is 0 Å². The summed E-state index contributed by atoms with van der Waals surface area (Å²) in [4.78, 5) is 130. The van der Waals surface area contributed by atoms with Gasteiger partial charge in [-0.2, -0.15) is 0 Å². The number of likely N-dealkylation sites (tertiary alicyclic amines) is 1. The number of aliphatic carboxylic acids is 3. The number of thioether (sulfide) groups is 1. The molecule has 23 heteroatoms. The fourth-order valence-corrected chi connectivity index (χ4v) is 10.4. The Morgan fingerprint density at radius 1 is 0.831 bits per heavy atom. The van der Waals surface area contributed by atoms with E-state index in [4.69, 9.17) is 10.8 Å². The fraction of sp³-hybridized carbons (Fsp3) is 0.630. The summed E-state index contributed by atoms with van der Waals surface area (Å²) in [6.07, 6.45) is 5.26. The second-order valence-electron chi connectivity index (χ2n) is 21.8. The first-order valence-electron chi connectivity index (χ1n) is 26.2. The molecule has 10 N–H and O–H groups in total. The van der Waals surface area contributed by atoms with E-state index in [0.717, 1.165) is 33.1 Å². The second-order valence-corrected chi connectivity index (χ2v) is 23.1. The van der Waals surface area contributed by atoms with Gasteiger partial charge in [-0.25, -0.2) is 9.59 Å². The summed E-state index contributed by atoms with van der Waals surface area (Å²) in [6.45, 7) is 15.1. The van der Waals surface area contributed by atoms with E-state index in [9.17, 15) is 58.2 Å². The molecule has 1 aliphatic rings. The molecule has 22 nitrogen and oxygen atoms in total. The molecule has 1 unspecified atom stereocenters. The van der Waals surface area contributed by atoms with Gasteiger partial charge < -0.3 is 57.1 Å². The lowest BCUT2D eigenvalue weighted by molar-refractivity contribution is -0.143. The van der Waals surface area contributed by atoms with Crippen LogP contribution in [0.5, 0.6) is 0 Å². The van der Waals surface area contributed by atoms with Crippen molar-refractivity contribution in [2.45, 2.75) is 167 Å². The number of carbonyl (C=O) groups is 10. The van der Waals surface area contributed by atoms with Crippen LogP contribution in [0.25, 0.3) is 10.9 Å². The molecular weight excluding hydrogens is 1010 g/mol. The molecule has 1 saturated heterocycles. The van der Waals surface area contributed by atoms with Gasteiger partial charge in [-0.15, -0.1) is 11.8 Å². The Hall–Kier alpha value is -6.33. The third kappa shape index (κ3) is 18.7. The minimum atomic E-state index is -1.52. The van der Waals surface area contributed by atoms with E-state index in [0.29, 0.717) is 32.1 Å². The van der Waals surface area contributed by atoms with E-state index < -0.39 is 94.4 Å². The Kier molecular flexibility index (Phi) is 24.8. The number of unbranched alkanes of at least 4 members (excludes halogenated alkanes) is 3. The van der Waals surface area contributed by atoms with Gasteiger partial charge in [-0.3, -0.25) is 43.3 Å². The minimum absolute atomic E-state index is 0.00403. The summed E-state index contributed by atoms with van der Waals surface area (Å²) in [5.74, 6) is -7.37. The van der Waals surface area contributed by atoms with Crippen molar-refractivity contribution in [1.29, 1.82) is 0 Å². The zero-order chi connectivity index (χ0) is 58.1. The Labute approximate surface area is 455 Å². The molecule has 0 radical (unpaired) electrons. The molecule has 3 rings (SSSR count). The van der Waals surface area contributed by atoms with Gasteiger partial charge in [0, 0.05) is 80.3 Å². The van der Waals surface area contributed by atoms with Crippen molar-refractivity contribution in [3.63, 3.8) is 0 Å². The molecule has 0 aliphatic carbocycles. The molecule has 2 heterocycles. The molecule has 1 fully saturated rings. The van der Waals surface area contributed by atoms with E-state index >= 15 is 0 Å². The number of benzene rings is 1. The number of para-hydroxylation sites is 1. The number of imide groups is 1. The molecule has 1 aromatic carbocycles. The standard InChI is InChI=1S/C54H83N9O13S/c1-31(2)39(62(11)49(70)45(53(4,5)6)60-47(68)44(56-9)54(7,8)34-29-61(10)38-21-15-14-19-33(34)38)27-32(3)46(67)59-37(52(75)76)23-24-42(65)58-36(51(73)74)20-16-17-25-57-41(64)22-13-12-18-26-63-43(66)28-40(48(63)69)77-30-35(55)50(71)72/h14-15,19,21,27,29,31,35-37,39-40,44-45,56H,12-13,16-18,20,22-26,28,30,55H2,1-11H3,(H,57,64)(H,58,65)(H,59,67)(H,60,68)(H,71,72)(H,73,74)(H,75,76)/b32-27+/t35-,36-,37+,39+,40?,44+,45+/m0/s1. The number of carbonyl (C=O) groups excluding carboxylic acids is 7. The quantitative estimate of drug-likeness (QED) is 0.0289. The number of hydrogen-bond acceptors (Lipinski definition) is 13. The first kappa shape index (κ1) is 65.0. The van der Waals surface area contributed by atoms with Crippen molar-refractivity contribution in [2.75, 3.05) is 32.9 Å². The van der Waals surface area contributed by atoms with Crippen molar-refractivity contribution in [1.82, 2.24) is 41.0 Å². The molecule has 428 valence electrons. The van der Waals surface area contributed by atoms with Gasteiger partial charge in [0.15, 0.2) is 0 Å². The van der Waals surface area contributed by atoms with Crippen LogP contribution < -0.4 is 32.3 Å². The van der Waals surface area contributed by atoms with E-state index in [2.05, 4.69) is 26.6 Å². The van der Waals surface area contributed by atoms with Crippen LogP contribution in [0.3, 0.4) is 0 Å². The first-order chi connectivity index (χ1) is 35.9. The Morgan fingerprint density at radius 3 is 2.06 bits per heavy atom. The highest BCUT2D eigenvalue weighted by Crippen LogP contribution is 2.35. The van der Waals surface area contributed by atoms with E-state index in [1.807, 2.05) is 90.5 Å². The highest BCUT2D eigenvalue weighted by atomic mass is 32.2. The van der Waals surface area contributed by atoms with Crippen LogP contribution in [0.1, 0.15) is 125 Å². The molecule has 2 aromatic rings. The predicted molar refractivity (Wildman–Crippen MR) is 292 cm³/mol. The van der Waals surface area contributed by atoms with Crippen LogP contribution in [-0.2, 0) is 60.4 Å². The van der Waals surface area contributed by atoms with Crippen LogP contribution >= 0.6 is 11.8 Å². The molecular formula is C54H83N9O13S. The van der Waals surface area contributed by atoms with E-state index in [1.165, 1.54) is 11.8 Å². The van der Waals surface area contributed by atoms with Gasteiger partial charge in [0.1, 0.15) is 24.2 Å². The van der Waals surface area contributed by atoms with Crippen molar-refractivity contribution in [3.8, 4) is 0 Å². The van der Waals surface area contributed by atoms with Crippen LogP contribution in [-0.4, -0.2) is 163 Å². The Bertz CT molecular complexity index is 2490. The number of likely N-dealkylation sites (N-methyl/N-ethyl adjacent to an activating group) is 2. The number of aryl methyl sites for hydroxylation is 1. The number of amides is 7. The predicted octanol–water partition coefficient (Wildman–Crippen LogP) is 3.04. The fourth-order valence-electron chi connectivity index (χ4n) is 9.30. The average molecular weight is 1100 g/mol. The summed E-state index contributed by atoms with van der Waals surface area (Å²) in [5, 5.41) is 42.9. The minimum Gasteiger partial charge on any atom is -0.480 e. The van der Waals surface area contributed by atoms with E-state index in [-0.39, 0.29) is 79.6 Å². The van der Waals surface area contributed by atoms with E-state index in [1.54, 1.807) is 20.2 Å². The normalized spacial score (nSPS) is 16.6. The summed E-state index contributed by atoms with van der Waals surface area (Å²) in [5.41, 5.74) is 6.10. The number of nitrogens with zero attached hydrogens (tertiary/aromatic N) is 3. The van der Waals surface area contributed by atoms with Crippen molar-refractivity contribution < 1.29 is 63.3 Å². The summed E-state index contributed by atoms with van der Waals surface area (Å²) in [6, 6.07) is 1.57. The van der Waals surface area contributed by atoms with Gasteiger partial charge in [0.05, 0.1) is 17.3 Å². The summed E-state index contributed by atoms with van der Waals surface area (Å²) >= 11 is 1.05. The molecule has 7 atom stereocenters. The van der Waals surface area contributed by atoms with Gasteiger partial charge in [-0.1, -0.05) is 79.2 Å². The average Bonchev–Trinajstić information content (AvgIpc) is 3.84. The van der Waals surface area contributed by atoms with Gasteiger partial charge in [0.25, 0.3) is 0 Å². The van der Waals surface area contributed by atoms with Gasteiger partial charge in [0.2, 0.25) is 41.4 Å². The smallest absolute Gasteiger partial charge is 0.326 e. The SMILES string of the molecule is CN[C@H](C(=O)N[C@H](C(=O)N(C)[C@H](/C=C(\C)C(=O)N[C@H](CCC(=O)N[C@@H](CCCCNC(=O)CCCCCN1C(=O)CC(SC[C@H](N)C(=O)O)C1=O)C(=O)O)C(=O)O)C(C)C)C(C)(C)C)C(C)(C)c1cn(C)c2ccccc12. The first-order valence-corrected chi connectivity index (χ1v) is 27.2. The molecule has 0 spiro atoms. The summed E-state index contributed by atoms with van der Waals surface area (Å²) < 4.78 is 2.02. The summed E-state index contributed by atoms with van der Waals surface area (Å²) in [7, 11) is 5.24. The molecule has 0 bridgehead atoms. The van der Waals surface area contributed by atoms with Crippen LogP contribution in [0.15, 0.2) is 42.1 Å². The number of hydrogen-bond donors (Lipinski definition) is 9. The van der Waals surface area contributed by atoms with Crippen molar-refractivity contribution >= 4 is 81.9 Å². The number of aromatic nitrogens is 1. The third-order valence-corrected chi connectivity index (χ3v) is 15.3. The second kappa shape index (κ2) is 29.4. The third-order valence-electron chi connectivity index (χ3n) is 13.9. The number of carboxylic acids is 3. The lowest BCUT2D eigenvalue weighted by atomic mass is 9.76. The van der Waals surface area contributed by atoms with Gasteiger partial charge in [-0.05, 0) is 75.5 Å². The zero-order valence-electron chi connectivity index (χ0n) is 46.5. The lowest BCUT2D eigenvalue weighted by Gasteiger charge is -2.39. The maximum Gasteiger partial charge on any atom is 0.326 e. The largest absolute Gasteiger partial charge is 0.480 e. The van der Waals surface area contributed by atoms with Crippen molar-refractivity contribution in [3.05, 3.63) is 47.7 Å². The molecule has 1 aliphatic heterocycles. The molecule has 0 saturated carbocycles. The number of carboxylic acid groups (broad SMARTS) is 3. The highest BCUT2D eigenvalue weighted by Gasteiger charge is 2.43. The monoisotopic (exact) mass is 1100 g/mol. The number of nitrogens with two attached hydrogens (primary N) is 1. The Morgan fingerprint density at radius 2 is 1.47 bits per heavy atom. The lowest BCUT2D eigenvalue weighted by Crippen LogP contribution is -2.61. The van der Waals surface area contributed by atoms with Crippen LogP contribution in [0, 0.1) is 11.3 Å². The number of rotatable bonds is 32. The van der Waals surface area contributed by atoms with Crippen molar-refractivity contribution in [2.24, 2.45) is 24.1 Å². The number of nitrogens with one attached hydrogen (secondary N) is 5. The Balaban J connectivity index is 1.49. The molecule has 1 aromatic heterocycles.